The Balaban J connectivity index is 1.55. The average molecular weight is 430 g/mol. The van der Waals surface area contributed by atoms with Gasteiger partial charge in [-0.1, -0.05) is 42.5 Å². The minimum atomic E-state index is -0.321. The zero-order valence-corrected chi connectivity index (χ0v) is 16.1. The molecule has 0 unspecified atom stereocenters. The van der Waals surface area contributed by atoms with Gasteiger partial charge in [-0.05, 0) is 40.0 Å². The lowest BCUT2D eigenvalue weighted by Gasteiger charge is -2.05. The number of carbonyl (C=O) groups excluding carboxylic acids is 2. The molecule has 0 aliphatic heterocycles. The van der Waals surface area contributed by atoms with Crippen molar-refractivity contribution in [3.8, 4) is 0 Å². The van der Waals surface area contributed by atoms with E-state index in [1.54, 1.807) is 11.4 Å². The van der Waals surface area contributed by atoms with Crippen LogP contribution in [0.15, 0.2) is 64.5 Å². The number of nitrogens with zero attached hydrogens (tertiary/aromatic N) is 1. The fraction of sp³-hybridized carbons (Fsp3) is 0.105. The molecule has 0 aliphatic rings. The molecule has 2 aromatic carbocycles. The molecule has 2 amide bonds. The van der Waals surface area contributed by atoms with E-state index in [2.05, 4.69) is 31.5 Å². The summed E-state index contributed by atoms with van der Waals surface area (Å²) in [4.78, 5) is 28.5. The molecule has 1 aromatic heterocycles. The molecule has 2 N–H and O–H groups in total. The summed E-state index contributed by atoms with van der Waals surface area (Å²) in [6.45, 7) is 0. The van der Waals surface area contributed by atoms with Crippen molar-refractivity contribution in [2.45, 2.75) is 12.8 Å². The molecule has 132 valence electrons. The second-order valence-electron chi connectivity index (χ2n) is 5.51. The maximum absolute atomic E-state index is 12.3. The van der Waals surface area contributed by atoms with Crippen molar-refractivity contribution >= 4 is 49.9 Å². The number of aromatic nitrogens is 1. The fourth-order valence-electron chi connectivity index (χ4n) is 2.27. The first-order chi connectivity index (χ1) is 12.6. The first kappa shape index (κ1) is 18.3. The Hall–Kier alpha value is -2.51. The maximum Gasteiger partial charge on any atom is 0.275 e. The third-order valence-electron chi connectivity index (χ3n) is 3.59. The molecule has 0 saturated carbocycles. The number of hydrogen-bond donors (Lipinski definition) is 2. The number of nitrogens with one attached hydrogen (secondary N) is 2. The lowest BCUT2D eigenvalue weighted by molar-refractivity contribution is -0.116. The van der Waals surface area contributed by atoms with Gasteiger partial charge in [0, 0.05) is 16.3 Å². The van der Waals surface area contributed by atoms with Crippen LogP contribution in [0.2, 0.25) is 0 Å². The fourth-order valence-corrected chi connectivity index (χ4v) is 3.36. The van der Waals surface area contributed by atoms with Gasteiger partial charge < -0.3 is 10.6 Å². The highest BCUT2D eigenvalue weighted by molar-refractivity contribution is 9.10. The Morgan fingerprint density at radius 3 is 2.50 bits per heavy atom. The van der Waals surface area contributed by atoms with Crippen molar-refractivity contribution in [1.29, 1.82) is 0 Å². The summed E-state index contributed by atoms with van der Waals surface area (Å²) in [6, 6.07) is 17.1. The van der Waals surface area contributed by atoms with Gasteiger partial charge in [-0.2, -0.15) is 0 Å². The van der Waals surface area contributed by atoms with Gasteiger partial charge in [-0.15, -0.1) is 11.3 Å². The zero-order valence-electron chi connectivity index (χ0n) is 13.7. The molecule has 5 nitrogen and oxygen atoms in total. The van der Waals surface area contributed by atoms with E-state index in [1.165, 1.54) is 11.3 Å². The van der Waals surface area contributed by atoms with Crippen LogP contribution in [-0.2, 0) is 11.2 Å². The number of rotatable bonds is 6. The summed E-state index contributed by atoms with van der Waals surface area (Å²) in [5.74, 6) is -0.445. The number of amides is 2. The van der Waals surface area contributed by atoms with Crippen LogP contribution in [-0.4, -0.2) is 16.8 Å². The third kappa shape index (κ3) is 5.00. The van der Waals surface area contributed by atoms with Gasteiger partial charge in [0.1, 0.15) is 5.69 Å². The van der Waals surface area contributed by atoms with Crippen molar-refractivity contribution in [3.05, 3.63) is 75.7 Å². The summed E-state index contributed by atoms with van der Waals surface area (Å²) >= 11 is 4.61. The molecule has 3 aromatic rings. The highest BCUT2D eigenvalue weighted by atomic mass is 79.9. The predicted octanol–water partition coefficient (Wildman–Crippen LogP) is 4.73. The van der Waals surface area contributed by atoms with Gasteiger partial charge in [0.05, 0.1) is 5.69 Å². The first-order valence-electron chi connectivity index (χ1n) is 7.97. The zero-order chi connectivity index (χ0) is 18.4. The van der Waals surface area contributed by atoms with Gasteiger partial charge in [-0.25, -0.2) is 4.98 Å². The standard InChI is InChI=1S/C19H16BrN3O2S/c20-14-8-4-5-9-15(14)21-18(25)16-12-26-19(22-16)23-17(24)11-10-13-6-2-1-3-7-13/h1-9,12H,10-11H2,(H,21,25)(H,22,23,24). The van der Waals surface area contributed by atoms with Crippen molar-refractivity contribution < 1.29 is 9.59 Å². The number of thiazole rings is 1. The van der Waals surface area contributed by atoms with Gasteiger partial charge >= 0.3 is 0 Å². The molecule has 0 spiro atoms. The van der Waals surface area contributed by atoms with Gasteiger partial charge in [0.2, 0.25) is 5.91 Å². The number of benzene rings is 2. The highest BCUT2D eigenvalue weighted by Crippen LogP contribution is 2.23. The molecule has 0 atom stereocenters. The van der Waals surface area contributed by atoms with E-state index in [4.69, 9.17) is 0 Å². The lowest BCUT2D eigenvalue weighted by atomic mass is 10.1. The summed E-state index contributed by atoms with van der Waals surface area (Å²) < 4.78 is 0.790. The maximum atomic E-state index is 12.3. The number of para-hydroxylation sites is 1. The molecule has 3 rings (SSSR count). The molecule has 0 radical (unpaired) electrons. The summed E-state index contributed by atoms with van der Waals surface area (Å²) in [6.07, 6.45) is 1.02. The Morgan fingerprint density at radius 2 is 1.73 bits per heavy atom. The molecular weight excluding hydrogens is 414 g/mol. The second kappa shape index (κ2) is 8.73. The van der Waals surface area contributed by atoms with Crippen LogP contribution in [0.25, 0.3) is 0 Å². The molecule has 0 aliphatic carbocycles. The number of hydrogen-bond acceptors (Lipinski definition) is 4. The lowest BCUT2D eigenvalue weighted by Crippen LogP contribution is -2.14. The predicted molar refractivity (Wildman–Crippen MR) is 108 cm³/mol. The van der Waals surface area contributed by atoms with E-state index >= 15 is 0 Å². The SMILES string of the molecule is O=C(CCc1ccccc1)Nc1nc(C(=O)Nc2ccccc2Br)cs1. The van der Waals surface area contributed by atoms with E-state index in [9.17, 15) is 9.59 Å². The van der Waals surface area contributed by atoms with Crippen molar-refractivity contribution in [2.24, 2.45) is 0 Å². The Bertz CT molecular complexity index is 912. The molecule has 0 saturated heterocycles. The highest BCUT2D eigenvalue weighted by Gasteiger charge is 2.13. The minimum Gasteiger partial charge on any atom is -0.320 e. The molecule has 0 bridgehead atoms. The number of anilines is 2. The van der Waals surface area contributed by atoms with Gasteiger partial charge in [0.25, 0.3) is 5.91 Å². The smallest absolute Gasteiger partial charge is 0.275 e. The molecular formula is C19H16BrN3O2S. The largest absolute Gasteiger partial charge is 0.320 e. The van der Waals surface area contributed by atoms with E-state index in [1.807, 2.05) is 48.5 Å². The van der Waals surface area contributed by atoms with Crippen molar-refractivity contribution in [1.82, 2.24) is 4.98 Å². The van der Waals surface area contributed by atoms with Crippen LogP contribution in [0.4, 0.5) is 10.8 Å². The quantitative estimate of drug-likeness (QED) is 0.594. The summed E-state index contributed by atoms with van der Waals surface area (Å²) in [5.41, 5.74) is 2.04. The molecule has 7 heteroatoms. The number of carbonyl (C=O) groups is 2. The Labute approximate surface area is 163 Å². The van der Waals surface area contributed by atoms with Crippen molar-refractivity contribution in [2.75, 3.05) is 10.6 Å². The molecule has 0 fully saturated rings. The molecule has 1 heterocycles. The monoisotopic (exact) mass is 429 g/mol. The minimum absolute atomic E-state index is 0.124. The van der Waals surface area contributed by atoms with E-state index < -0.39 is 0 Å². The number of aryl methyl sites for hydroxylation is 1. The van der Waals surface area contributed by atoms with Gasteiger partial charge in [-0.3, -0.25) is 9.59 Å². The molecule has 26 heavy (non-hydrogen) atoms. The third-order valence-corrected chi connectivity index (χ3v) is 5.04. The van der Waals surface area contributed by atoms with Gasteiger partial charge in [0.15, 0.2) is 5.13 Å². The topological polar surface area (TPSA) is 71.1 Å². The normalized spacial score (nSPS) is 10.3. The van der Waals surface area contributed by atoms with Crippen LogP contribution in [0.3, 0.4) is 0 Å². The van der Waals surface area contributed by atoms with E-state index in [-0.39, 0.29) is 17.5 Å². The van der Waals surface area contributed by atoms with Crippen LogP contribution in [0.1, 0.15) is 22.5 Å². The van der Waals surface area contributed by atoms with E-state index in [0.29, 0.717) is 23.7 Å². The summed E-state index contributed by atoms with van der Waals surface area (Å²) in [7, 11) is 0. The summed E-state index contributed by atoms with van der Waals surface area (Å²) in [5, 5.41) is 7.57. The van der Waals surface area contributed by atoms with E-state index in [0.717, 1.165) is 10.0 Å². The number of halogens is 1. The Morgan fingerprint density at radius 1 is 1.00 bits per heavy atom. The van der Waals surface area contributed by atoms with Crippen LogP contribution in [0, 0.1) is 0 Å². The second-order valence-corrected chi connectivity index (χ2v) is 7.22. The van der Waals surface area contributed by atoms with Crippen LogP contribution in [0.5, 0.6) is 0 Å². The van der Waals surface area contributed by atoms with Crippen LogP contribution < -0.4 is 10.6 Å². The first-order valence-corrected chi connectivity index (χ1v) is 9.64. The van der Waals surface area contributed by atoms with Crippen LogP contribution >= 0.6 is 27.3 Å². The van der Waals surface area contributed by atoms with Crippen molar-refractivity contribution in [3.63, 3.8) is 0 Å². The Kier molecular flexibility index (Phi) is 6.14. The average Bonchev–Trinajstić information content (AvgIpc) is 3.11.